The number of nitriles is 1. The highest BCUT2D eigenvalue weighted by molar-refractivity contribution is 6.30. The first-order valence-electron chi connectivity index (χ1n) is 9.80. The third kappa shape index (κ3) is 4.53. The van der Waals surface area contributed by atoms with Gasteiger partial charge in [0.25, 0.3) is 0 Å². The molecule has 1 N–H and O–H groups in total. The van der Waals surface area contributed by atoms with Crippen molar-refractivity contribution in [2.45, 2.75) is 12.3 Å². The number of halogens is 1. The highest BCUT2D eigenvalue weighted by Crippen LogP contribution is 2.44. The fourth-order valence-electron chi connectivity index (χ4n) is 3.63. The number of carbonyl (C=O) groups is 1. The zero-order valence-corrected chi connectivity index (χ0v) is 17.3. The standard InChI is InChI=1S/C25H18ClN3O2/c26-24-18(13-17(14-27)15-29-24)7-5-6-12-28-25(30)31-16-23-21-10-3-1-8-19(21)20-9-2-4-11-22(20)23/h1-4,8-11,13,15,23H,6,12,16H2,(H,28,30). The summed E-state index contributed by atoms with van der Waals surface area (Å²) in [4.78, 5) is 16.1. The van der Waals surface area contributed by atoms with Crippen molar-refractivity contribution >= 4 is 17.7 Å². The molecule has 5 nitrogen and oxygen atoms in total. The molecule has 6 heteroatoms. The summed E-state index contributed by atoms with van der Waals surface area (Å²) in [6, 6.07) is 20.0. The van der Waals surface area contributed by atoms with Crippen molar-refractivity contribution in [1.29, 1.82) is 5.26 Å². The number of amides is 1. The lowest BCUT2D eigenvalue weighted by molar-refractivity contribution is 0.143. The van der Waals surface area contributed by atoms with E-state index in [-0.39, 0.29) is 17.7 Å². The zero-order chi connectivity index (χ0) is 21.6. The van der Waals surface area contributed by atoms with E-state index in [0.29, 0.717) is 24.1 Å². The van der Waals surface area contributed by atoms with E-state index in [1.54, 1.807) is 6.07 Å². The molecule has 1 heterocycles. The number of hydrogen-bond acceptors (Lipinski definition) is 4. The minimum atomic E-state index is -0.477. The summed E-state index contributed by atoms with van der Waals surface area (Å²) in [7, 11) is 0. The number of ether oxygens (including phenoxy) is 1. The predicted octanol–water partition coefficient (Wildman–Crippen LogP) is 4.89. The van der Waals surface area contributed by atoms with Crippen LogP contribution in [0.2, 0.25) is 5.15 Å². The van der Waals surface area contributed by atoms with Crippen molar-refractivity contribution in [2.24, 2.45) is 0 Å². The monoisotopic (exact) mass is 427 g/mol. The van der Waals surface area contributed by atoms with Gasteiger partial charge in [0, 0.05) is 25.1 Å². The maximum atomic E-state index is 12.1. The molecule has 0 atom stereocenters. The van der Waals surface area contributed by atoms with Crippen LogP contribution in [0, 0.1) is 23.2 Å². The number of fused-ring (bicyclic) bond motifs is 3. The Labute approximate surface area is 185 Å². The fourth-order valence-corrected chi connectivity index (χ4v) is 3.78. The minimum Gasteiger partial charge on any atom is -0.449 e. The van der Waals surface area contributed by atoms with E-state index >= 15 is 0 Å². The number of carbonyl (C=O) groups excluding carboxylic acids is 1. The maximum absolute atomic E-state index is 12.1. The molecular formula is C25H18ClN3O2. The summed E-state index contributed by atoms with van der Waals surface area (Å²) < 4.78 is 5.49. The van der Waals surface area contributed by atoms with Crippen LogP contribution >= 0.6 is 11.6 Å². The molecule has 1 aliphatic carbocycles. The molecule has 0 bridgehead atoms. The molecular weight excluding hydrogens is 410 g/mol. The van der Waals surface area contributed by atoms with Crippen molar-refractivity contribution in [2.75, 3.05) is 13.2 Å². The Balaban J connectivity index is 1.30. The van der Waals surface area contributed by atoms with E-state index in [2.05, 4.69) is 46.4 Å². The molecule has 152 valence electrons. The molecule has 0 saturated carbocycles. The highest BCUT2D eigenvalue weighted by Gasteiger charge is 2.28. The fraction of sp³-hybridized carbons (Fsp3) is 0.160. The Morgan fingerprint density at radius 1 is 1.13 bits per heavy atom. The molecule has 1 aliphatic rings. The molecule has 0 fully saturated rings. The second kappa shape index (κ2) is 9.34. The first-order chi connectivity index (χ1) is 15.2. The number of aromatic nitrogens is 1. The van der Waals surface area contributed by atoms with Crippen molar-refractivity contribution in [1.82, 2.24) is 10.3 Å². The number of benzene rings is 2. The molecule has 31 heavy (non-hydrogen) atoms. The predicted molar refractivity (Wildman–Crippen MR) is 119 cm³/mol. The molecule has 0 spiro atoms. The van der Waals surface area contributed by atoms with Crippen LogP contribution in [0.15, 0.2) is 60.8 Å². The lowest BCUT2D eigenvalue weighted by Gasteiger charge is -2.14. The normalized spacial score (nSPS) is 11.5. The van der Waals surface area contributed by atoms with Crippen LogP contribution < -0.4 is 5.32 Å². The Kier molecular flexibility index (Phi) is 6.17. The third-order valence-corrected chi connectivity index (χ3v) is 5.36. The maximum Gasteiger partial charge on any atom is 0.407 e. The molecule has 0 radical (unpaired) electrons. The number of alkyl carbamates (subject to hydrolysis) is 1. The topological polar surface area (TPSA) is 75.0 Å². The van der Waals surface area contributed by atoms with Crippen molar-refractivity contribution in [3.05, 3.63) is 88.2 Å². The van der Waals surface area contributed by atoms with Gasteiger partial charge in [-0.05, 0) is 28.3 Å². The Hall–Kier alpha value is -3.80. The summed E-state index contributed by atoms with van der Waals surface area (Å²) in [6.07, 6.45) is 1.33. The average molecular weight is 428 g/mol. The number of nitrogens with zero attached hydrogens (tertiary/aromatic N) is 2. The summed E-state index contributed by atoms with van der Waals surface area (Å²) in [5.74, 6) is 5.82. The van der Waals surface area contributed by atoms with Gasteiger partial charge in [0.05, 0.1) is 11.1 Å². The third-order valence-electron chi connectivity index (χ3n) is 5.05. The van der Waals surface area contributed by atoms with Gasteiger partial charge in [0.2, 0.25) is 0 Å². The van der Waals surface area contributed by atoms with Crippen LogP contribution in [0.3, 0.4) is 0 Å². The summed E-state index contributed by atoms with van der Waals surface area (Å²) in [5.41, 5.74) is 5.61. The van der Waals surface area contributed by atoms with Gasteiger partial charge in [0.1, 0.15) is 17.8 Å². The van der Waals surface area contributed by atoms with Crippen LogP contribution in [0.25, 0.3) is 11.1 Å². The molecule has 0 unspecified atom stereocenters. The first kappa shape index (κ1) is 20.5. The van der Waals surface area contributed by atoms with Crippen LogP contribution in [0.4, 0.5) is 4.79 Å². The zero-order valence-electron chi connectivity index (χ0n) is 16.6. The largest absolute Gasteiger partial charge is 0.449 e. The van der Waals surface area contributed by atoms with E-state index in [1.807, 2.05) is 30.3 Å². The van der Waals surface area contributed by atoms with E-state index in [0.717, 1.165) is 0 Å². The molecule has 4 rings (SSSR count). The molecule has 1 aromatic heterocycles. The van der Waals surface area contributed by atoms with Crippen LogP contribution in [0.1, 0.15) is 34.6 Å². The van der Waals surface area contributed by atoms with E-state index < -0.39 is 6.09 Å². The van der Waals surface area contributed by atoms with Gasteiger partial charge in [-0.15, -0.1) is 0 Å². The Morgan fingerprint density at radius 3 is 2.48 bits per heavy atom. The number of rotatable bonds is 4. The molecule has 3 aromatic rings. The summed E-state index contributed by atoms with van der Waals surface area (Å²) in [6.45, 7) is 0.612. The summed E-state index contributed by atoms with van der Waals surface area (Å²) >= 11 is 5.98. The van der Waals surface area contributed by atoms with Gasteiger partial charge in [-0.3, -0.25) is 0 Å². The first-order valence-corrected chi connectivity index (χ1v) is 10.2. The van der Waals surface area contributed by atoms with Crippen molar-refractivity contribution < 1.29 is 9.53 Å². The smallest absolute Gasteiger partial charge is 0.407 e. The number of hydrogen-bond donors (Lipinski definition) is 1. The lowest BCUT2D eigenvalue weighted by Crippen LogP contribution is -2.26. The van der Waals surface area contributed by atoms with E-state index in [9.17, 15) is 4.79 Å². The minimum absolute atomic E-state index is 0.0278. The molecule has 2 aromatic carbocycles. The van der Waals surface area contributed by atoms with Gasteiger partial charge in [-0.1, -0.05) is 72.0 Å². The van der Waals surface area contributed by atoms with Gasteiger partial charge in [-0.25, -0.2) is 9.78 Å². The van der Waals surface area contributed by atoms with Crippen LogP contribution in [-0.4, -0.2) is 24.2 Å². The van der Waals surface area contributed by atoms with Gasteiger partial charge >= 0.3 is 6.09 Å². The van der Waals surface area contributed by atoms with E-state index in [1.165, 1.54) is 28.5 Å². The van der Waals surface area contributed by atoms with Crippen molar-refractivity contribution in [3.8, 4) is 29.0 Å². The van der Waals surface area contributed by atoms with E-state index in [4.69, 9.17) is 21.6 Å². The average Bonchev–Trinajstić information content (AvgIpc) is 3.12. The molecule has 0 aliphatic heterocycles. The lowest BCUT2D eigenvalue weighted by atomic mass is 9.98. The SMILES string of the molecule is N#Cc1cnc(Cl)c(C#CCCNC(=O)OCC2c3ccccc3-c3ccccc32)c1. The van der Waals surface area contributed by atoms with Gasteiger partial charge in [0.15, 0.2) is 0 Å². The van der Waals surface area contributed by atoms with Gasteiger partial charge < -0.3 is 10.1 Å². The number of pyridine rings is 1. The number of nitrogens with one attached hydrogen (secondary N) is 1. The second-order valence-electron chi connectivity index (χ2n) is 6.98. The Morgan fingerprint density at radius 2 is 1.81 bits per heavy atom. The van der Waals surface area contributed by atoms with Crippen LogP contribution in [-0.2, 0) is 4.74 Å². The molecule has 0 saturated heterocycles. The summed E-state index contributed by atoms with van der Waals surface area (Å²) in [5, 5.41) is 11.9. The highest BCUT2D eigenvalue weighted by atomic mass is 35.5. The van der Waals surface area contributed by atoms with Gasteiger partial charge in [-0.2, -0.15) is 5.26 Å². The Bertz CT molecular complexity index is 1190. The van der Waals surface area contributed by atoms with Crippen LogP contribution in [0.5, 0.6) is 0 Å². The van der Waals surface area contributed by atoms with Crippen molar-refractivity contribution in [3.63, 3.8) is 0 Å². The quantitative estimate of drug-likeness (QED) is 0.365. The molecule has 1 amide bonds. The second-order valence-corrected chi connectivity index (χ2v) is 7.34.